The zero-order valence-corrected chi connectivity index (χ0v) is 5.23. The molecule has 1 atom stereocenters. The lowest BCUT2D eigenvalue weighted by Crippen LogP contribution is -2.44. The molecule has 6 heteroatoms. The predicted molar refractivity (Wildman–Crippen MR) is 35.5 cm³/mol. The van der Waals surface area contributed by atoms with Crippen molar-refractivity contribution in [1.82, 2.24) is 5.06 Å². The van der Waals surface area contributed by atoms with Gasteiger partial charge in [0.1, 0.15) is 0 Å². The Bertz CT molecular complexity index is 198. The maximum atomic E-state index is 8.95. The first kappa shape index (κ1) is 6.84. The number of hydrogen-bond donors (Lipinski definition) is 4. The molecule has 0 radical (unpaired) electrons. The van der Waals surface area contributed by atoms with E-state index in [4.69, 9.17) is 22.4 Å². The van der Waals surface area contributed by atoms with E-state index in [1.165, 1.54) is 6.21 Å². The zero-order chi connectivity index (χ0) is 7.72. The van der Waals surface area contributed by atoms with Crippen LogP contribution in [0.5, 0.6) is 0 Å². The zero-order valence-electron chi connectivity index (χ0n) is 5.23. The van der Waals surface area contributed by atoms with Gasteiger partial charge in [-0.3, -0.25) is 10.9 Å². The number of nitrogens with two attached hydrogens (primary N) is 3. The van der Waals surface area contributed by atoms with Gasteiger partial charge in [0.15, 0.2) is 12.1 Å². The largest absolute Gasteiger partial charge is 0.394 e. The highest BCUT2D eigenvalue weighted by atomic mass is 16.5. The molecule has 0 saturated carbocycles. The maximum absolute atomic E-state index is 8.95. The average Bonchev–Trinajstić information content (AvgIpc) is 1.93. The summed E-state index contributed by atoms with van der Waals surface area (Å²) >= 11 is 0. The van der Waals surface area contributed by atoms with Crippen LogP contribution in [0.2, 0.25) is 0 Å². The van der Waals surface area contributed by atoms with E-state index in [1.807, 2.05) is 0 Å². The van der Waals surface area contributed by atoms with Gasteiger partial charge in [0.05, 0.1) is 11.9 Å². The monoisotopic (exact) mass is 143 g/mol. The molecule has 1 rings (SSSR count). The van der Waals surface area contributed by atoms with Crippen LogP contribution in [0.1, 0.15) is 0 Å². The first-order valence-electron chi connectivity index (χ1n) is 2.65. The minimum Gasteiger partial charge on any atom is -0.394 e. The molecule has 0 saturated heterocycles. The molecule has 0 fully saturated rings. The number of hydroxylamine groups is 2. The lowest BCUT2D eigenvalue weighted by molar-refractivity contribution is -0.0918. The van der Waals surface area contributed by atoms with Crippen molar-refractivity contribution in [3.63, 3.8) is 0 Å². The molecule has 0 aromatic carbocycles. The summed E-state index contributed by atoms with van der Waals surface area (Å²) in [5, 5.41) is 9.55. The van der Waals surface area contributed by atoms with E-state index in [9.17, 15) is 0 Å². The number of allylic oxidation sites excluding steroid dienone is 1. The third-order valence-corrected chi connectivity index (χ3v) is 1.16. The molecule has 6 nitrogen and oxygen atoms in total. The molecular formula is C4H9N5O. The van der Waals surface area contributed by atoms with Crippen molar-refractivity contribution < 1.29 is 5.21 Å². The summed E-state index contributed by atoms with van der Waals surface area (Å²) in [6, 6.07) is 0. The van der Waals surface area contributed by atoms with Crippen LogP contribution in [-0.4, -0.2) is 22.8 Å². The number of aliphatic imine (C=N–C) groups is 1. The van der Waals surface area contributed by atoms with Crippen LogP contribution in [-0.2, 0) is 0 Å². The summed E-state index contributed by atoms with van der Waals surface area (Å²) in [6.45, 7) is 0. The Morgan fingerprint density at radius 1 is 1.60 bits per heavy atom. The maximum Gasteiger partial charge on any atom is 0.198 e. The molecular weight excluding hydrogens is 134 g/mol. The molecule has 1 aliphatic rings. The van der Waals surface area contributed by atoms with Crippen LogP contribution >= 0.6 is 0 Å². The van der Waals surface area contributed by atoms with E-state index in [1.54, 1.807) is 0 Å². The van der Waals surface area contributed by atoms with Crippen LogP contribution in [0.4, 0.5) is 0 Å². The standard InChI is InChI=1S/C4H9N5O/c5-2-1-8-4(7)9(10)3(2)6/h1,4,10H,5-7H2. The van der Waals surface area contributed by atoms with Crippen molar-refractivity contribution in [2.45, 2.75) is 6.29 Å². The SMILES string of the molecule is NC1=C(N)N(O)C(N)N=C1. The molecule has 7 N–H and O–H groups in total. The van der Waals surface area contributed by atoms with Gasteiger partial charge in [0.2, 0.25) is 0 Å². The summed E-state index contributed by atoms with van der Waals surface area (Å²) in [5.41, 5.74) is 16.0. The van der Waals surface area contributed by atoms with Gasteiger partial charge in [-0.1, -0.05) is 0 Å². The molecule has 0 aromatic rings. The van der Waals surface area contributed by atoms with E-state index < -0.39 is 6.29 Å². The van der Waals surface area contributed by atoms with Crippen LogP contribution in [0.15, 0.2) is 16.5 Å². The molecule has 0 spiro atoms. The third-order valence-electron chi connectivity index (χ3n) is 1.16. The molecule has 10 heavy (non-hydrogen) atoms. The smallest absolute Gasteiger partial charge is 0.198 e. The van der Waals surface area contributed by atoms with Gasteiger partial charge in [-0.2, -0.15) is 0 Å². The number of hydrogen-bond acceptors (Lipinski definition) is 6. The van der Waals surface area contributed by atoms with Gasteiger partial charge < -0.3 is 11.5 Å². The topological polar surface area (TPSA) is 114 Å². The Labute approximate surface area is 57.6 Å². The Hall–Kier alpha value is -1.27. The van der Waals surface area contributed by atoms with Gasteiger partial charge in [-0.05, 0) is 0 Å². The van der Waals surface area contributed by atoms with Gasteiger partial charge >= 0.3 is 0 Å². The number of rotatable bonds is 0. The lowest BCUT2D eigenvalue weighted by atomic mass is 10.4. The van der Waals surface area contributed by atoms with Crippen molar-refractivity contribution >= 4 is 6.21 Å². The summed E-state index contributed by atoms with van der Waals surface area (Å²) in [6.07, 6.45) is 0.472. The van der Waals surface area contributed by atoms with E-state index in [-0.39, 0.29) is 11.5 Å². The first-order chi connectivity index (χ1) is 4.63. The highest BCUT2D eigenvalue weighted by Crippen LogP contribution is 2.04. The fraction of sp³-hybridized carbons (Fsp3) is 0.250. The molecule has 0 aromatic heterocycles. The van der Waals surface area contributed by atoms with E-state index in [0.717, 1.165) is 0 Å². The summed E-state index contributed by atoms with van der Waals surface area (Å²) in [7, 11) is 0. The van der Waals surface area contributed by atoms with Crippen molar-refractivity contribution in [1.29, 1.82) is 0 Å². The second-order valence-electron chi connectivity index (χ2n) is 1.88. The van der Waals surface area contributed by atoms with Gasteiger partial charge in [0, 0.05) is 0 Å². The van der Waals surface area contributed by atoms with Crippen LogP contribution in [0.25, 0.3) is 0 Å². The van der Waals surface area contributed by atoms with Gasteiger partial charge in [0.25, 0.3) is 0 Å². The Kier molecular flexibility index (Phi) is 1.48. The van der Waals surface area contributed by atoms with Crippen molar-refractivity contribution in [2.75, 3.05) is 0 Å². The first-order valence-corrected chi connectivity index (χ1v) is 2.65. The summed E-state index contributed by atoms with van der Waals surface area (Å²) < 4.78 is 0. The predicted octanol–water partition coefficient (Wildman–Crippen LogP) is -1.91. The molecule has 1 heterocycles. The fourth-order valence-electron chi connectivity index (χ4n) is 0.561. The third kappa shape index (κ3) is 0.893. The molecule has 0 aliphatic carbocycles. The normalized spacial score (nSPS) is 25.8. The molecule has 1 unspecified atom stereocenters. The van der Waals surface area contributed by atoms with Crippen LogP contribution < -0.4 is 17.2 Å². The Morgan fingerprint density at radius 3 is 2.70 bits per heavy atom. The summed E-state index contributed by atoms with van der Waals surface area (Å²) in [5.74, 6) is 0.0301. The molecule has 0 amide bonds. The van der Waals surface area contributed by atoms with Crippen LogP contribution in [0, 0.1) is 0 Å². The molecule has 1 aliphatic heterocycles. The highest BCUT2D eigenvalue weighted by molar-refractivity contribution is 5.78. The van der Waals surface area contributed by atoms with Gasteiger partial charge in [-0.15, -0.1) is 0 Å². The van der Waals surface area contributed by atoms with E-state index >= 15 is 0 Å². The fourth-order valence-corrected chi connectivity index (χ4v) is 0.561. The van der Waals surface area contributed by atoms with E-state index in [0.29, 0.717) is 5.06 Å². The minimum atomic E-state index is -0.840. The Balaban J connectivity index is 2.88. The van der Waals surface area contributed by atoms with Gasteiger partial charge in [-0.25, -0.2) is 10.1 Å². The second-order valence-corrected chi connectivity index (χ2v) is 1.88. The van der Waals surface area contributed by atoms with Crippen molar-refractivity contribution in [3.8, 4) is 0 Å². The quantitative estimate of drug-likeness (QED) is 0.316. The highest BCUT2D eigenvalue weighted by Gasteiger charge is 2.16. The summed E-state index contributed by atoms with van der Waals surface area (Å²) in [4.78, 5) is 3.61. The molecule has 0 bridgehead atoms. The Morgan fingerprint density at radius 2 is 2.20 bits per heavy atom. The van der Waals surface area contributed by atoms with Crippen molar-refractivity contribution in [3.05, 3.63) is 11.5 Å². The average molecular weight is 143 g/mol. The number of nitrogens with zero attached hydrogens (tertiary/aromatic N) is 2. The second kappa shape index (κ2) is 2.16. The van der Waals surface area contributed by atoms with Crippen LogP contribution in [0.3, 0.4) is 0 Å². The van der Waals surface area contributed by atoms with Crippen molar-refractivity contribution in [2.24, 2.45) is 22.2 Å². The lowest BCUT2D eigenvalue weighted by Gasteiger charge is -2.24. The molecule has 56 valence electrons. The van der Waals surface area contributed by atoms with E-state index in [2.05, 4.69) is 4.99 Å². The minimum absolute atomic E-state index is 0.0301.